The topological polar surface area (TPSA) is 30.5 Å². The average Bonchev–Trinajstić information content (AvgIpc) is 2.73. The molecule has 82 valence electrons. The predicted molar refractivity (Wildman–Crippen MR) is 59.5 cm³/mol. The van der Waals surface area contributed by atoms with Gasteiger partial charge in [0.2, 0.25) is 6.79 Å². The third kappa shape index (κ3) is 1.92. The lowest BCUT2D eigenvalue weighted by atomic mass is 9.95. The zero-order valence-corrected chi connectivity index (χ0v) is 9.25. The minimum atomic E-state index is 0.350. The van der Waals surface area contributed by atoms with E-state index < -0.39 is 0 Å². The van der Waals surface area contributed by atoms with Crippen LogP contribution in [0.2, 0.25) is 0 Å². The van der Waals surface area contributed by atoms with Crippen LogP contribution in [-0.2, 0) is 0 Å². The van der Waals surface area contributed by atoms with Gasteiger partial charge in [-0.2, -0.15) is 0 Å². The molecule has 2 rings (SSSR count). The van der Waals surface area contributed by atoms with Crippen molar-refractivity contribution >= 4 is 0 Å². The van der Waals surface area contributed by atoms with E-state index in [-0.39, 0.29) is 0 Å². The summed E-state index contributed by atoms with van der Waals surface area (Å²) in [5.41, 5.74) is 1.25. The molecule has 0 amide bonds. The van der Waals surface area contributed by atoms with Gasteiger partial charge in [-0.3, -0.25) is 0 Å². The maximum atomic E-state index is 5.51. The van der Waals surface area contributed by atoms with E-state index >= 15 is 0 Å². The van der Waals surface area contributed by atoms with Gasteiger partial charge in [-0.15, -0.1) is 0 Å². The summed E-state index contributed by atoms with van der Waals surface area (Å²) in [6.45, 7) is 3.51. The Labute approximate surface area is 90.4 Å². The fourth-order valence-corrected chi connectivity index (χ4v) is 1.99. The van der Waals surface area contributed by atoms with Crippen LogP contribution in [0, 0.1) is 0 Å². The highest BCUT2D eigenvalue weighted by atomic mass is 16.7. The van der Waals surface area contributed by atoms with Gasteiger partial charge in [-0.1, -0.05) is 19.1 Å². The fraction of sp³-hybridized carbons (Fsp3) is 0.500. The number of ether oxygens (including phenoxy) is 2. The van der Waals surface area contributed by atoms with Crippen molar-refractivity contribution in [3.8, 4) is 11.5 Å². The van der Waals surface area contributed by atoms with Crippen LogP contribution in [0.5, 0.6) is 11.5 Å². The maximum absolute atomic E-state index is 5.51. The highest BCUT2D eigenvalue weighted by molar-refractivity contribution is 5.49. The molecule has 1 unspecified atom stereocenters. The van der Waals surface area contributed by atoms with E-state index in [1.165, 1.54) is 5.56 Å². The fourth-order valence-electron chi connectivity index (χ4n) is 1.99. The van der Waals surface area contributed by atoms with Crippen LogP contribution in [0.4, 0.5) is 0 Å². The molecule has 15 heavy (non-hydrogen) atoms. The molecule has 1 aliphatic heterocycles. The Morgan fingerprint density at radius 1 is 1.40 bits per heavy atom. The molecule has 0 fully saturated rings. The van der Waals surface area contributed by atoms with Crippen molar-refractivity contribution in [2.45, 2.75) is 19.3 Å². The number of fused-ring (bicyclic) bond motifs is 1. The Hall–Kier alpha value is -1.22. The first-order valence-electron chi connectivity index (χ1n) is 5.40. The monoisotopic (exact) mass is 207 g/mol. The first-order valence-corrected chi connectivity index (χ1v) is 5.40. The molecule has 0 aliphatic carbocycles. The molecule has 1 aromatic carbocycles. The number of benzene rings is 1. The zero-order chi connectivity index (χ0) is 10.7. The van der Waals surface area contributed by atoms with E-state index in [0.717, 1.165) is 24.5 Å². The molecule has 3 heteroatoms. The molecule has 0 spiro atoms. The zero-order valence-electron chi connectivity index (χ0n) is 9.25. The summed E-state index contributed by atoms with van der Waals surface area (Å²) in [6, 6.07) is 6.11. The van der Waals surface area contributed by atoms with E-state index in [1.54, 1.807) is 0 Å². The predicted octanol–water partition coefficient (Wildman–Crippen LogP) is 2.13. The Morgan fingerprint density at radius 3 is 3.00 bits per heavy atom. The van der Waals surface area contributed by atoms with Crippen LogP contribution in [0.25, 0.3) is 0 Å². The first kappa shape index (κ1) is 10.3. The molecule has 0 saturated heterocycles. The van der Waals surface area contributed by atoms with Gasteiger partial charge in [-0.05, 0) is 25.5 Å². The second-order valence-electron chi connectivity index (χ2n) is 3.74. The van der Waals surface area contributed by atoms with Crippen molar-refractivity contribution < 1.29 is 9.47 Å². The lowest BCUT2D eigenvalue weighted by Crippen LogP contribution is -2.17. The smallest absolute Gasteiger partial charge is 0.231 e. The van der Waals surface area contributed by atoms with Gasteiger partial charge in [0, 0.05) is 12.1 Å². The van der Waals surface area contributed by atoms with Crippen LogP contribution < -0.4 is 14.8 Å². The number of hydrogen-bond acceptors (Lipinski definition) is 3. The third-order valence-electron chi connectivity index (χ3n) is 2.81. The lowest BCUT2D eigenvalue weighted by molar-refractivity contribution is 0.173. The van der Waals surface area contributed by atoms with E-state index in [9.17, 15) is 0 Å². The Balaban J connectivity index is 2.30. The van der Waals surface area contributed by atoms with Crippen molar-refractivity contribution in [1.82, 2.24) is 5.32 Å². The Morgan fingerprint density at radius 2 is 2.27 bits per heavy atom. The summed E-state index contributed by atoms with van der Waals surface area (Å²) < 4.78 is 10.9. The van der Waals surface area contributed by atoms with Crippen molar-refractivity contribution in [3.05, 3.63) is 23.8 Å². The van der Waals surface area contributed by atoms with Gasteiger partial charge in [-0.25, -0.2) is 0 Å². The van der Waals surface area contributed by atoms with Crippen LogP contribution in [0.15, 0.2) is 18.2 Å². The highest BCUT2D eigenvalue weighted by Crippen LogP contribution is 2.39. The van der Waals surface area contributed by atoms with Crippen LogP contribution in [-0.4, -0.2) is 20.4 Å². The molecule has 1 N–H and O–H groups in total. The molecule has 1 aliphatic rings. The van der Waals surface area contributed by atoms with Crippen molar-refractivity contribution in [2.75, 3.05) is 20.4 Å². The number of para-hydroxylation sites is 1. The molecule has 3 nitrogen and oxygen atoms in total. The normalized spacial score (nSPS) is 15.3. The van der Waals surface area contributed by atoms with Crippen LogP contribution in [0.1, 0.15) is 24.8 Å². The van der Waals surface area contributed by atoms with E-state index in [2.05, 4.69) is 18.3 Å². The number of nitrogens with one attached hydrogen (secondary N) is 1. The second-order valence-corrected chi connectivity index (χ2v) is 3.74. The molecule has 0 saturated carbocycles. The van der Waals surface area contributed by atoms with Crippen molar-refractivity contribution in [3.63, 3.8) is 0 Å². The summed E-state index contributed by atoms with van der Waals surface area (Å²) in [4.78, 5) is 0. The molecule has 0 radical (unpaired) electrons. The molecule has 0 bridgehead atoms. The molecular formula is C12H17NO2. The number of likely N-dealkylation sites (N-methyl/N-ethyl adjacent to an activating group) is 1. The highest BCUT2D eigenvalue weighted by Gasteiger charge is 2.21. The SMILES string of the molecule is CCC(CNC)c1cccc2c1OCO2. The van der Waals surface area contributed by atoms with Gasteiger partial charge in [0.25, 0.3) is 0 Å². The van der Waals surface area contributed by atoms with E-state index in [0.29, 0.717) is 12.7 Å². The van der Waals surface area contributed by atoms with Gasteiger partial charge in [0.05, 0.1) is 0 Å². The van der Waals surface area contributed by atoms with Crippen molar-refractivity contribution in [1.29, 1.82) is 0 Å². The van der Waals surface area contributed by atoms with E-state index in [4.69, 9.17) is 9.47 Å². The van der Waals surface area contributed by atoms with Gasteiger partial charge in [0.15, 0.2) is 11.5 Å². The summed E-state index contributed by atoms with van der Waals surface area (Å²) in [5.74, 6) is 2.30. The summed E-state index contributed by atoms with van der Waals surface area (Å²) in [6.07, 6.45) is 1.10. The molecule has 1 atom stereocenters. The minimum Gasteiger partial charge on any atom is -0.454 e. The number of hydrogen-bond donors (Lipinski definition) is 1. The molecular weight excluding hydrogens is 190 g/mol. The average molecular weight is 207 g/mol. The minimum absolute atomic E-state index is 0.350. The van der Waals surface area contributed by atoms with Crippen LogP contribution >= 0.6 is 0 Å². The summed E-state index contributed by atoms with van der Waals surface area (Å²) >= 11 is 0. The van der Waals surface area contributed by atoms with E-state index in [1.807, 2.05) is 19.2 Å². The Kier molecular flexibility index (Phi) is 3.11. The maximum Gasteiger partial charge on any atom is 0.231 e. The lowest BCUT2D eigenvalue weighted by Gasteiger charge is -2.16. The second kappa shape index (κ2) is 4.53. The van der Waals surface area contributed by atoms with Gasteiger partial charge in [0.1, 0.15) is 0 Å². The first-order chi connectivity index (χ1) is 7.36. The Bertz CT molecular complexity index is 338. The number of rotatable bonds is 4. The molecule has 1 aromatic rings. The van der Waals surface area contributed by atoms with Gasteiger partial charge < -0.3 is 14.8 Å². The molecule has 1 heterocycles. The van der Waals surface area contributed by atoms with Crippen molar-refractivity contribution in [2.24, 2.45) is 0 Å². The standard InChI is InChI=1S/C12H17NO2/c1-3-9(7-13-2)10-5-4-6-11-12(10)15-8-14-11/h4-6,9,13H,3,7-8H2,1-2H3. The third-order valence-corrected chi connectivity index (χ3v) is 2.81. The van der Waals surface area contributed by atoms with Gasteiger partial charge >= 0.3 is 0 Å². The quantitative estimate of drug-likeness (QED) is 0.820. The van der Waals surface area contributed by atoms with Crippen LogP contribution in [0.3, 0.4) is 0 Å². The largest absolute Gasteiger partial charge is 0.454 e. The summed E-state index contributed by atoms with van der Waals surface area (Å²) in [5, 5.41) is 3.21. The molecule has 0 aromatic heterocycles. The summed E-state index contributed by atoms with van der Waals surface area (Å²) in [7, 11) is 1.98.